The number of ether oxygens (including phenoxy) is 1. The molecule has 0 radical (unpaired) electrons. The topological polar surface area (TPSA) is 45.7 Å². The molecule has 2 aromatic rings. The average molecular weight is 357 g/mol. The number of hydrogen-bond acceptors (Lipinski definition) is 5. The van der Waals surface area contributed by atoms with Gasteiger partial charge in [-0.3, -0.25) is 9.69 Å². The van der Waals surface area contributed by atoms with E-state index in [1.54, 1.807) is 18.4 Å². The van der Waals surface area contributed by atoms with Crippen LogP contribution in [0.4, 0.5) is 0 Å². The van der Waals surface area contributed by atoms with Crippen LogP contribution in [0.1, 0.15) is 24.1 Å². The minimum absolute atomic E-state index is 0.104. The number of thiazole rings is 1. The molecular formula is C19H23N3O2S. The molecule has 132 valence electrons. The summed E-state index contributed by atoms with van der Waals surface area (Å²) in [6.45, 7) is 3.23. The van der Waals surface area contributed by atoms with E-state index >= 15 is 0 Å². The Hall–Kier alpha value is -1.92. The first-order chi connectivity index (χ1) is 12.2. The Morgan fingerprint density at radius 2 is 2.12 bits per heavy atom. The van der Waals surface area contributed by atoms with Crippen molar-refractivity contribution in [2.45, 2.75) is 32.0 Å². The van der Waals surface area contributed by atoms with E-state index in [0.717, 1.165) is 43.9 Å². The molecule has 1 aromatic carbocycles. The predicted molar refractivity (Wildman–Crippen MR) is 97.4 cm³/mol. The van der Waals surface area contributed by atoms with Crippen molar-refractivity contribution in [1.29, 1.82) is 0 Å². The second-order valence-corrected chi connectivity index (χ2v) is 7.60. The van der Waals surface area contributed by atoms with E-state index in [0.29, 0.717) is 12.5 Å². The normalized spacial score (nSPS) is 23.7. The van der Waals surface area contributed by atoms with Crippen molar-refractivity contribution in [3.05, 3.63) is 46.4 Å². The van der Waals surface area contributed by atoms with Gasteiger partial charge in [0.05, 0.1) is 30.8 Å². The lowest BCUT2D eigenvalue weighted by Gasteiger charge is -2.35. The van der Waals surface area contributed by atoms with Gasteiger partial charge in [-0.15, -0.1) is 11.3 Å². The lowest BCUT2D eigenvalue weighted by atomic mass is 9.94. The van der Waals surface area contributed by atoms with Crippen LogP contribution < -0.4 is 4.74 Å². The number of nitrogens with zero attached hydrogens (tertiary/aromatic N) is 3. The molecule has 3 fully saturated rings. The number of hydrogen-bond donors (Lipinski definition) is 0. The van der Waals surface area contributed by atoms with Crippen molar-refractivity contribution in [2.75, 3.05) is 20.2 Å². The Morgan fingerprint density at radius 1 is 1.24 bits per heavy atom. The molecule has 5 rings (SSSR count). The van der Waals surface area contributed by atoms with Crippen LogP contribution in [0.25, 0.3) is 0 Å². The largest absolute Gasteiger partial charge is 0.496 e. The summed E-state index contributed by atoms with van der Waals surface area (Å²) in [4.78, 5) is 21.7. The number of rotatable bonds is 5. The van der Waals surface area contributed by atoms with Gasteiger partial charge in [0.25, 0.3) is 0 Å². The maximum absolute atomic E-state index is 12.9. The van der Waals surface area contributed by atoms with Gasteiger partial charge in [-0.1, -0.05) is 18.2 Å². The fourth-order valence-electron chi connectivity index (χ4n) is 4.03. The molecule has 0 unspecified atom stereocenters. The number of piperidine rings is 1. The quantitative estimate of drug-likeness (QED) is 0.825. The summed E-state index contributed by atoms with van der Waals surface area (Å²) in [5.41, 5.74) is 4.02. The minimum Gasteiger partial charge on any atom is -0.496 e. The standard InChI is InChI=1S/C19H23N3O2S/c1-24-18-5-3-2-4-14(18)8-21-9-15-6-7-17(11-21)22(19(15)23)10-16-12-25-13-20-16/h2-5,12-13,15,17H,6-11H2,1H3/t15-,17+/m1/s1. The lowest BCUT2D eigenvalue weighted by Crippen LogP contribution is -2.47. The van der Waals surface area contributed by atoms with Gasteiger partial charge in [0, 0.05) is 36.6 Å². The number of carbonyl (C=O) groups is 1. The Morgan fingerprint density at radius 3 is 2.92 bits per heavy atom. The highest BCUT2D eigenvalue weighted by atomic mass is 32.1. The van der Waals surface area contributed by atoms with Gasteiger partial charge in [-0.2, -0.15) is 0 Å². The van der Waals surface area contributed by atoms with Crippen LogP contribution in [0.3, 0.4) is 0 Å². The Kier molecular flexibility index (Phi) is 4.72. The van der Waals surface area contributed by atoms with Crippen molar-refractivity contribution < 1.29 is 9.53 Å². The molecule has 25 heavy (non-hydrogen) atoms. The fraction of sp³-hybridized carbons (Fsp3) is 0.474. The third kappa shape index (κ3) is 3.41. The SMILES string of the molecule is COc1ccccc1CN1C[C@H]2CC[C@@H](C1)N(Cc1cscn1)C2=O. The van der Waals surface area contributed by atoms with Crippen molar-refractivity contribution >= 4 is 17.2 Å². The number of para-hydroxylation sites is 1. The zero-order valence-electron chi connectivity index (χ0n) is 14.4. The average Bonchev–Trinajstić information content (AvgIpc) is 3.01. The van der Waals surface area contributed by atoms with Gasteiger partial charge in [0.15, 0.2) is 0 Å². The molecule has 3 aliphatic rings. The summed E-state index contributed by atoms with van der Waals surface area (Å²) in [6.07, 6.45) is 2.09. The summed E-state index contributed by atoms with van der Waals surface area (Å²) in [6, 6.07) is 8.43. The number of fused-ring (bicyclic) bond motifs is 4. The third-order valence-corrected chi connectivity index (χ3v) is 5.91. The van der Waals surface area contributed by atoms with E-state index < -0.39 is 0 Å². The molecular weight excluding hydrogens is 334 g/mol. The number of amides is 1. The third-order valence-electron chi connectivity index (χ3n) is 5.27. The second kappa shape index (κ2) is 7.14. The summed E-state index contributed by atoms with van der Waals surface area (Å²) in [7, 11) is 1.71. The van der Waals surface area contributed by atoms with Gasteiger partial charge in [0.1, 0.15) is 5.75 Å². The molecule has 0 aliphatic carbocycles. The Balaban J connectivity index is 1.51. The van der Waals surface area contributed by atoms with Crippen LogP contribution in [0.15, 0.2) is 35.2 Å². The van der Waals surface area contributed by atoms with Crippen molar-refractivity contribution in [1.82, 2.24) is 14.8 Å². The lowest BCUT2D eigenvalue weighted by molar-refractivity contribution is -0.140. The Labute approximate surface area is 152 Å². The molecule has 3 saturated heterocycles. The van der Waals surface area contributed by atoms with Crippen LogP contribution >= 0.6 is 11.3 Å². The van der Waals surface area contributed by atoms with E-state index in [1.165, 1.54) is 5.56 Å². The van der Waals surface area contributed by atoms with Crippen LogP contribution in [-0.4, -0.2) is 46.9 Å². The fourth-order valence-corrected chi connectivity index (χ4v) is 4.58. The number of benzene rings is 1. The molecule has 6 heteroatoms. The smallest absolute Gasteiger partial charge is 0.227 e. The summed E-state index contributed by atoms with van der Waals surface area (Å²) >= 11 is 1.59. The molecule has 1 amide bonds. The van der Waals surface area contributed by atoms with E-state index in [9.17, 15) is 4.79 Å². The van der Waals surface area contributed by atoms with Crippen molar-refractivity contribution in [2.24, 2.45) is 5.92 Å². The van der Waals surface area contributed by atoms with Crippen molar-refractivity contribution in [3.63, 3.8) is 0 Å². The summed E-state index contributed by atoms with van der Waals surface area (Å²) in [5, 5.41) is 2.04. The monoisotopic (exact) mass is 357 g/mol. The van der Waals surface area contributed by atoms with Crippen LogP contribution in [0.5, 0.6) is 5.75 Å². The minimum atomic E-state index is 0.104. The molecule has 2 bridgehead atoms. The van der Waals surface area contributed by atoms with E-state index in [4.69, 9.17) is 4.74 Å². The van der Waals surface area contributed by atoms with Gasteiger partial charge in [-0.05, 0) is 18.9 Å². The highest BCUT2D eigenvalue weighted by Crippen LogP contribution is 2.32. The zero-order chi connectivity index (χ0) is 17.2. The van der Waals surface area contributed by atoms with Crippen LogP contribution in [0, 0.1) is 5.92 Å². The maximum Gasteiger partial charge on any atom is 0.227 e. The summed E-state index contributed by atoms with van der Waals surface area (Å²) < 4.78 is 5.49. The van der Waals surface area contributed by atoms with E-state index in [-0.39, 0.29) is 12.0 Å². The number of aromatic nitrogens is 1. The molecule has 0 saturated carbocycles. The highest BCUT2D eigenvalue weighted by Gasteiger charge is 2.40. The first kappa shape index (κ1) is 16.5. The first-order valence-electron chi connectivity index (χ1n) is 8.76. The first-order valence-corrected chi connectivity index (χ1v) is 9.70. The molecule has 4 heterocycles. The van der Waals surface area contributed by atoms with Gasteiger partial charge in [0.2, 0.25) is 5.91 Å². The maximum atomic E-state index is 12.9. The van der Waals surface area contributed by atoms with Gasteiger partial charge >= 0.3 is 0 Å². The van der Waals surface area contributed by atoms with Crippen LogP contribution in [0.2, 0.25) is 0 Å². The number of methoxy groups -OCH3 is 1. The molecule has 2 atom stereocenters. The Bertz CT molecular complexity index is 734. The predicted octanol–water partition coefficient (Wildman–Crippen LogP) is 2.77. The molecule has 0 N–H and O–H groups in total. The van der Waals surface area contributed by atoms with E-state index in [2.05, 4.69) is 20.9 Å². The molecule has 0 spiro atoms. The van der Waals surface area contributed by atoms with Crippen molar-refractivity contribution in [3.8, 4) is 5.75 Å². The second-order valence-electron chi connectivity index (χ2n) is 6.88. The molecule has 5 nitrogen and oxygen atoms in total. The molecule has 3 aliphatic heterocycles. The van der Waals surface area contributed by atoms with Crippen LogP contribution in [-0.2, 0) is 17.9 Å². The van der Waals surface area contributed by atoms with Gasteiger partial charge < -0.3 is 9.64 Å². The zero-order valence-corrected chi connectivity index (χ0v) is 15.2. The number of carbonyl (C=O) groups excluding carboxylic acids is 1. The highest BCUT2D eigenvalue weighted by molar-refractivity contribution is 7.07. The van der Waals surface area contributed by atoms with Gasteiger partial charge in [-0.25, -0.2) is 4.98 Å². The van der Waals surface area contributed by atoms with E-state index in [1.807, 2.05) is 29.1 Å². The summed E-state index contributed by atoms with van der Waals surface area (Å²) in [5.74, 6) is 1.32. The molecule has 1 aromatic heterocycles.